The summed E-state index contributed by atoms with van der Waals surface area (Å²) in [5.74, 6) is 0.861. The molecule has 0 aliphatic heterocycles. The van der Waals surface area contributed by atoms with Crippen LogP contribution in [0.1, 0.15) is 5.69 Å². The van der Waals surface area contributed by atoms with E-state index < -0.39 is 0 Å². The topological polar surface area (TPSA) is 84.8 Å². The van der Waals surface area contributed by atoms with Crippen molar-refractivity contribution in [3.05, 3.63) is 36.2 Å². The molecule has 0 bridgehead atoms. The van der Waals surface area contributed by atoms with Gasteiger partial charge in [0.25, 0.3) is 0 Å². The summed E-state index contributed by atoms with van der Waals surface area (Å²) in [7, 11) is 1.60. The highest BCUT2D eigenvalue weighted by Crippen LogP contribution is 2.22. The maximum Gasteiger partial charge on any atom is 0.182 e. The lowest BCUT2D eigenvalue weighted by Gasteiger charge is -2.04. The molecule has 0 spiro atoms. The van der Waals surface area contributed by atoms with Gasteiger partial charge in [-0.05, 0) is 12.1 Å². The first-order chi connectivity index (χ1) is 8.24. The molecule has 1 aromatic heterocycles. The lowest BCUT2D eigenvalue weighted by Crippen LogP contribution is -1.99. The van der Waals surface area contributed by atoms with Crippen LogP contribution in [0.4, 0.5) is 5.82 Å². The third kappa shape index (κ3) is 2.16. The van der Waals surface area contributed by atoms with Gasteiger partial charge >= 0.3 is 0 Å². The minimum absolute atomic E-state index is 0.132. The number of ether oxygens (including phenoxy) is 1. The average Bonchev–Trinajstić information content (AvgIpc) is 2.38. The van der Waals surface area contributed by atoms with Gasteiger partial charge in [-0.1, -0.05) is 12.1 Å². The van der Waals surface area contributed by atoms with Gasteiger partial charge in [-0.2, -0.15) is 5.26 Å². The monoisotopic (exact) mass is 226 g/mol. The number of nitriles is 1. The van der Waals surface area contributed by atoms with Crippen LogP contribution < -0.4 is 10.5 Å². The zero-order chi connectivity index (χ0) is 12.3. The number of methoxy groups -OCH3 is 1. The minimum atomic E-state index is 0.132. The van der Waals surface area contributed by atoms with E-state index in [0.29, 0.717) is 5.69 Å². The molecule has 0 aliphatic carbocycles. The fraction of sp³-hybridized carbons (Fsp3) is 0.0833. The summed E-state index contributed by atoms with van der Waals surface area (Å²) in [5, 5.41) is 8.71. The Bertz CT molecular complexity index is 589. The molecular weight excluding hydrogens is 216 g/mol. The lowest BCUT2D eigenvalue weighted by molar-refractivity contribution is 0.415. The minimum Gasteiger partial charge on any atom is -0.497 e. The molecule has 5 heteroatoms. The van der Waals surface area contributed by atoms with E-state index >= 15 is 0 Å². The number of anilines is 1. The Labute approximate surface area is 98.5 Å². The standard InChI is InChI=1S/C12H10N4O/c1-17-9-4-2-3-8(5-9)11-7-15-10(6-13)12(14)16-11/h2-5,7H,1H3,(H2,14,16). The van der Waals surface area contributed by atoms with Crippen molar-refractivity contribution in [1.29, 1.82) is 5.26 Å². The molecule has 84 valence electrons. The smallest absolute Gasteiger partial charge is 0.182 e. The van der Waals surface area contributed by atoms with Gasteiger partial charge < -0.3 is 10.5 Å². The predicted molar refractivity (Wildman–Crippen MR) is 63.1 cm³/mol. The summed E-state index contributed by atoms with van der Waals surface area (Å²) >= 11 is 0. The van der Waals surface area contributed by atoms with Crippen LogP contribution in [0.3, 0.4) is 0 Å². The number of hydrogen-bond donors (Lipinski definition) is 1. The molecule has 0 atom stereocenters. The lowest BCUT2D eigenvalue weighted by atomic mass is 10.1. The number of benzene rings is 1. The Morgan fingerprint density at radius 2 is 2.24 bits per heavy atom. The second-order valence-electron chi connectivity index (χ2n) is 3.33. The molecule has 2 aromatic rings. The SMILES string of the molecule is COc1cccc(-c2cnc(C#N)c(N)n2)c1. The molecule has 2 N–H and O–H groups in total. The predicted octanol–water partition coefficient (Wildman–Crippen LogP) is 1.61. The Morgan fingerprint density at radius 1 is 1.41 bits per heavy atom. The van der Waals surface area contributed by atoms with E-state index in [1.807, 2.05) is 30.3 Å². The van der Waals surface area contributed by atoms with Crippen molar-refractivity contribution in [2.75, 3.05) is 12.8 Å². The average molecular weight is 226 g/mol. The van der Waals surface area contributed by atoms with Crippen molar-refractivity contribution in [2.45, 2.75) is 0 Å². The second kappa shape index (κ2) is 4.49. The van der Waals surface area contributed by atoms with Gasteiger partial charge in [-0.15, -0.1) is 0 Å². The molecular formula is C12H10N4O. The van der Waals surface area contributed by atoms with E-state index in [9.17, 15) is 0 Å². The van der Waals surface area contributed by atoms with Crippen LogP contribution in [0.15, 0.2) is 30.5 Å². The van der Waals surface area contributed by atoms with Gasteiger partial charge in [0, 0.05) is 5.56 Å². The van der Waals surface area contributed by atoms with Gasteiger partial charge in [-0.25, -0.2) is 9.97 Å². The van der Waals surface area contributed by atoms with Crippen LogP contribution in [0, 0.1) is 11.3 Å². The van der Waals surface area contributed by atoms with Crippen molar-refractivity contribution in [3.63, 3.8) is 0 Å². The second-order valence-corrected chi connectivity index (χ2v) is 3.33. The van der Waals surface area contributed by atoms with Gasteiger partial charge in [0.05, 0.1) is 19.0 Å². The first-order valence-electron chi connectivity index (χ1n) is 4.91. The highest BCUT2D eigenvalue weighted by Gasteiger charge is 2.06. The first-order valence-corrected chi connectivity index (χ1v) is 4.91. The number of rotatable bonds is 2. The van der Waals surface area contributed by atoms with Crippen molar-refractivity contribution in [2.24, 2.45) is 0 Å². The largest absolute Gasteiger partial charge is 0.497 e. The third-order valence-corrected chi connectivity index (χ3v) is 2.27. The Balaban J connectivity index is 2.46. The number of nitrogens with zero attached hydrogens (tertiary/aromatic N) is 3. The van der Waals surface area contributed by atoms with E-state index in [1.54, 1.807) is 7.11 Å². The molecule has 1 aromatic carbocycles. The van der Waals surface area contributed by atoms with E-state index in [4.69, 9.17) is 15.7 Å². The zero-order valence-corrected chi connectivity index (χ0v) is 9.21. The maximum absolute atomic E-state index is 8.71. The fourth-order valence-electron chi connectivity index (χ4n) is 1.41. The van der Waals surface area contributed by atoms with Crippen LogP contribution in [0.2, 0.25) is 0 Å². The summed E-state index contributed by atoms with van der Waals surface area (Å²) < 4.78 is 5.12. The van der Waals surface area contributed by atoms with E-state index in [2.05, 4.69) is 9.97 Å². The highest BCUT2D eigenvalue weighted by molar-refractivity contribution is 5.62. The molecule has 0 radical (unpaired) electrons. The quantitative estimate of drug-likeness (QED) is 0.840. The molecule has 0 amide bonds. The molecule has 17 heavy (non-hydrogen) atoms. The molecule has 0 fully saturated rings. The molecule has 1 heterocycles. The summed E-state index contributed by atoms with van der Waals surface area (Å²) in [5.41, 5.74) is 7.20. The molecule has 0 aliphatic rings. The molecule has 0 saturated carbocycles. The first kappa shape index (κ1) is 10.9. The number of nitrogen functional groups attached to an aromatic ring is 1. The summed E-state index contributed by atoms with van der Waals surface area (Å²) in [6, 6.07) is 9.26. The van der Waals surface area contributed by atoms with Crippen LogP contribution in [-0.4, -0.2) is 17.1 Å². The van der Waals surface area contributed by atoms with Crippen molar-refractivity contribution in [1.82, 2.24) is 9.97 Å². The molecule has 5 nitrogen and oxygen atoms in total. The maximum atomic E-state index is 8.71. The van der Waals surface area contributed by atoms with Crippen molar-refractivity contribution < 1.29 is 4.74 Å². The van der Waals surface area contributed by atoms with Gasteiger partial charge in [0.1, 0.15) is 11.8 Å². The Hall–Kier alpha value is -2.61. The normalized spacial score (nSPS) is 9.65. The summed E-state index contributed by atoms with van der Waals surface area (Å²) in [6.45, 7) is 0. The van der Waals surface area contributed by atoms with Crippen molar-refractivity contribution >= 4 is 5.82 Å². The molecule has 2 rings (SSSR count). The highest BCUT2D eigenvalue weighted by atomic mass is 16.5. The Morgan fingerprint density at radius 3 is 2.88 bits per heavy atom. The van der Waals surface area contributed by atoms with E-state index in [1.165, 1.54) is 6.20 Å². The van der Waals surface area contributed by atoms with Crippen LogP contribution in [0.5, 0.6) is 5.75 Å². The summed E-state index contributed by atoms with van der Waals surface area (Å²) in [6.07, 6.45) is 1.52. The fourth-order valence-corrected chi connectivity index (χ4v) is 1.41. The zero-order valence-electron chi connectivity index (χ0n) is 9.21. The van der Waals surface area contributed by atoms with Crippen LogP contribution in [-0.2, 0) is 0 Å². The van der Waals surface area contributed by atoms with Gasteiger partial charge in [0.15, 0.2) is 11.5 Å². The van der Waals surface area contributed by atoms with Gasteiger partial charge in [-0.3, -0.25) is 0 Å². The molecule has 0 unspecified atom stereocenters. The van der Waals surface area contributed by atoms with E-state index in [0.717, 1.165) is 11.3 Å². The van der Waals surface area contributed by atoms with Crippen LogP contribution in [0.25, 0.3) is 11.3 Å². The molecule has 0 saturated heterocycles. The number of aromatic nitrogens is 2. The Kier molecular flexibility index (Phi) is 2.88. The number of nitrogens with two attached hydrogens (primary N) is 1. The van der Waals surface area contributed by atoms with Crippen molar-refractivity contribution in [3.8, 4) is 23.1 Å². The number of hydrogen-bond acceptors (Lipinski definition) is 5. The van der Waals surface area contributed by atoms with E-state index in [-0.39, 0.29) is 11.5 Å². The summed E-state index contributed by atoms with van der Waals surface area (Å²) in [4.78, 5) is 8.07. The van der Waals surface area contributed by atoms with Gasteiger partial charge in [0.2, 0.25) is 0 Å². The van der Waals surface area contributed by atoms with Crippen LogP contribution >= 0.6 is 0 Å². The third-order valence-electron chi connectivity index (χ3n) is 2.27.